The predicted octanol–water partition coefficient (Wildman–Crippen LogP) is 7.26. The molecule has 6 aromatic rings. The van der Waals surface area contributed by atoms with Gasteiger partial charge in [-0.2, -0.15) is 0 Å². The Labute approximate surface area is 336 Å². The van der Waals surface area contributed by atoms with E-state index in [1.54, 1.807) is 0 Å². The van der Waals surface area contributed by atoms with Crippen LogP contribution in [0.2, 0.25) is 0 Å². The van der Waals surface area contributed by atoms with E-state index < -0.39 is 0 Å². The van der Waals surface area contributed by atoms with Gasteiger partial charge in [0, 0.05) is 0 Å². The molecule has 2 nitrogen and oxygen atoms in total. The second kappa shape index (κ2) is 25.1. The highest BCUT2D eigenvalue weighted by molar-refractivity contribution is 5.82. The third-order valence-electron chi connectivity index (χ3n) is 8.74. The minimum absolute atomic E-state index is 0. The van der Waals surface area contributed by atoms with Gasteiger partial charge in [-0.15, -0.1) is 0 Å². The first-order chi connectivity index (χ1) is 24.7. The van der Waals surface area contributed by atoms with Gasteiger partial charge in [0.1, 0.15) is 12.4 Å². The molecular weight excluding hydrogens is 862 g/mol. The molecule has 4 heteroatoms. The van der Waals surface area contributed by atoms with Crippen molar-refractivity contribution in [2.75, 3.05) is 6.61 Å². The lowest BCUT2D eigenvalue weighted by molar-refractivity contribution is -0.597. The number of hydrogen-bond donors (Lipinski definition) is 1. The van der Waals surface area contributed by atoms with Gasteiger partial charge in [-0.1, -0.05) is 153 Å². The predicted molar refractivity (Wildman–Crippen MR) is 217 cm³/mol. The van der Waals surface area contributed by atoms with Crippen LogP contribution in [0.1, 0.15) is 92.4 Å². The second-order valence-corrected chi connectivity index (χ2v) is 18.9. The Balaban J connectivity index is 0.000000281. The maximum absolute atomic E-state index is 10.2. The summed E-state index contributed by atoms with van der Waals surface area (Å²) < 4.78 is 11.5. The van der Waals surface area contributed by atoms with E-state index in [0.29, 0.717) is 6.61 Å². The highest BCUT2D eigenvalue weighted by Crippen LogP contribution is 2.15. The zero-order chi connectivity index (χ0) is 34.6. The van der Waals surface area contributed by atoms with Gasteiger partial charge in [0.25, 0.3) is 0 Å². The van der Waals surface area contributed by atoms with Crippen LogP contribution in [0.3, 0.4) is 0 Å². The van der Waals surface area contributed by atoms with E-state index >= 15 is 0 Å². The molecule has 0 spiro atoms. The van der Waals surface area contributed by atoms with Crippen LogP contribution in [0, 0.1) is 14.3 Å². The normalized spacial score (nSPS) is 11.2. The first-order valence-electron chi connectivity index (χ1n) is 18.4. The molecule has 0 aromatic heterocycles. The lowest BCUT2D eigenvalue weighted by Gasteiger charge is -2.12. The van der Waals surface area contributed by atoms with Crippen molar-refractivity contribution in [3.63, 3.8) is 0 Å². The van der Waals surface area contributed by atoms with E-state index in [9.17, 15) is 5.11 Å². The monoisotopic (exact) mass is 922 g/mol. The van der Waals surface area contributed by atoms with Gasteiger partial charge in [-0.05, 0) is 101 Å². The molecule has 1 unspecified atom stereocenters. The Morgan fingerprint density at radius 3 is 1.42 bits per heavy atom. The average molecular weight is 923 g/mol. The highest BCUT2D eigenvalue weighted by atomic mass is 127. The van der Waals surface area contributed by atoms with Crippen LogP contribution in [0.25, 0.3) is 21.5 Å². The fraction of sp³-hybridized carbons (Fsp3) is 0.333. The third kappa shape index (κ3) is 15.6. The van der Waals surface area contributed by atoms with Crippen LogP contribution in [-0.2, 0) is 0 Å². The number of halogens is 2. The van der Waals surface area contributed by atoms with E-state index in [1.807, 2.05) is 12.1 Å². The van der Waals surface area contributed by atoms with Gasteiger partial charge in [0.2, 0.25) is 0 Å². The van der Waals surface area contributed by atoms with Gasteiger partial charge in [-0.3, -0.25) is 0 Å². The third-order valence-corrected chi connectivity index (χ3v) is 14.0. The number of unbranched alkanes of at least 4 members (excludes halogenated alkanes) is 9. The molecule has 0 heterocycles. The van der Waals surface area contributed by atoms with Crippen molar-refractivity contribution < 1.29 is 52.3 Å². The first-order valence-corrected chi connectivity index (χ1v) is 22.7. The van der Waals surface area contributed by atoms with E-state index in [2.05, 4.69) is 134 Å². The molecule has 0 aliphatic rings. The molecule has 0 fully saturated rings. The molecule has 0 saturated heterocycles. The van der Waals surface area contributed by atoms with Gasteiger partial charge in [0.05, 0.1) is 6.10 Å². The van der Waals surface area contributed by atoms with Crippen LogP contribution in [0.15, 0.2) is 140 Å². The van der Waals surface area contributed by atoms with E-state index in [1.165, 1.54) is 93.6 Å². The summed E-state index contributed by atoms with van der Waals surface area (Å²) in [6.45, 7) is 2.66. The van der Waals surface area contributed by atoms with Crippen LogP contribution in [0.5, 0.6) is 5.75 Å². The standard InChI is InChI=1S/C26H38IO2.C20H14I.2CH4/c1-2-3-4-5-6-7-8-9-10-14-17-25(28)22-29-26-20-18-24(19-21-26)27-23-15-12-11-13-16-23;1-3-7-17-13-19(11-9-15(17)5-1)21-20-12-10-16-6-2-4-8-18(16)14-20;;/h11-13,15-16,18-21,25,28H,2-10,14,17,22H2,1H3;1-14H;2*1H4/q2*+1;;. The molecule has 0 aliphatic heterocycles. The molecule has 0 aliphatic carbocycles. The molecule has 6 rings (SSSR count). The summed E-state index contributed by atoms with van der Waals surface area (Å²) in [7, 11) is 0. The molecule has 52 heavy (non-hydrogen) atoms. The maximum Gasteiger partial charge on any atom is 0.357 e. The number of rotatable bonds is 18. The largest absolute Gasteiger partial charge is 0.491 e. The summed E-state index contributed by atoms with van der Waals surface area (Å²) in [5.74, 6) is 0.855. The summed E-state index contributed by atoms with van der Waals surface area (Å²) in [5.41, 5.74) is 0. The zero-order valence-corrected chi connectivity index (χ0v) is 33.8. The second-order valence-electron chi connectivity index (χ2n) is 12.9. The number of fused-ring (bicyclic) bond motifs is 2. The summed E-state index contributed by atoms with van der Waals surface area (Å²) in [6, 6.07) is 49.9. The number of aliphatic hydroxyl groups is 1. The van der Waals surface area contributed by atoms with E-state index in [4.69, 9.17) is 4.74 Å². The maximum atomic E-state index is 10.2. The van der Waals surface area contributed by atoms with Gasteiger partial charge >= 0.3 is 42.4 Å². The number of ether oxygens (including phenoxy) is 1. The fourth-order valence-corrected chi connectivity index (χ4v) is 10.5. The summed E-state index contributed by atoms with van der Waals surface area (Å²) in [4.78, 5) is 0. The van der Waals surface area contributed by atoms with Crippen LogP contribution in [0.4, 0.5) is 0 Å². The Morgan fingerprint density at radius 2 is 0.885 bits per heavy atom. The number of aliphatic hydroxyl groups excluding tert-OH is 1. The highest BCUT2D eigenvalue weighted by Gasteiger charge is 2.17. The molecular formula is C48H60I2O2+2. The van der Waals surface area contributed by atoms with Crippen LogP contribution in [-0.4, -0.2) is 17.8 Å². The average Bonchev–Trinajstić information content (AvgIpc) is 3.16. The van der Waals surface area contributed by atoms with Gasteiger partial charge in [0.15, 0.2) is 14.3 Å². The number of benzene rings is 6. The summed E-state index contributed by atoms with van der Waals surface area (Å²) >= 11 is -0.252. The van der Waals surface area contributed by atoms with Crippen molar-refractivity contribution in [2.45, 2.75) is 98.5 Å². The Bertz CT molecular complexity index is 1740. The number of hydrogen-bond acceptors (Lipinski definition) is 2. The molecule has 6 aromatic carbocycles. The van der Waals surface area contributed by atoms with Crippen molar-refractivity contribution >= 4 is 21.5 Å². The molecule has 0 radical (unpaired) electrons. The molecule has 0 saturated carbocycles. The van der Waals surface area contributed by atoms with Gasteiger partial charge in [-0.25, -0.2) is 0 Å². The van der Waals surface area contributed by atoms with Gasteiger partial charge < -0.3 is 9.84 Å². The molecule has 1 atom stereocenters. The van der Waals surface area contributed by atoms with Crippen LogP contribution < -0.4 is 47.1 Å². The topological polar surface area (TPSA) is 29.5 Å². The van der Waals surface area contributed by atoms with Crippen molar-refractivity contribution in [1.29, 1.82) is 0 Å². The molecule has 276 valence electrons. The molecule has 0 amide bonds. The van der Waals surface area contributed by atoms with Crippen molar-refractivity contribution in [2.24, 2.45) is 0 Å². The fourth-order valence-electron chi connectivity index (χ4n) is 5.90. The summed E-state index contributed by atoms with van der Waals surface area (Å²) in [5, 5.41) is 15.5. The smallest absolute Gasteiger partial charge is 0.357 e. The minimum Gasteiger partial charge on any atom is -0.491 e. The zero-order valence-electron chi connectivity index (χ0n) is 29.5. The summed E-state index contributed by atoms with van der Waals surface area (Å²) in [6.07, 6.45) is 13.7. The van der Waals surface area contributed by atoms with E-state index in [0.717, 1.165) is 18.6 Å². The minimum atomic E-state index is -0.361. The van der Waals surface area contributed by atoms with Crippen LogP contribution >= 0.6 is 0 Å². The van der Waals surface area contributed by atoms with Crippen molar-refractivity contribution in [3.05, 3.63) is 154 Å². The Kier molecular flexibility index (Phi) is 21.0. The lowest BCUT2D eigenvalue weighted by Crippen LogP contribution is -3.61. The quantitative estimate of drug-likeness (QED) is 0.0728. The van der Waals surface area contributed by atoms with E-state index in [-0.39, 0.29) is 63.4 Å². The lowest BCUT2D eigenvalue weighted by atomic mass is 10.0. The first kappa shape index (κ1) is 43.5. The van der Waals surface area contributed by atoms with Crippen molar-refractivity contribution in [1.82, 2.24) is 0 Å². The molecule has 0 bridgehead atoms. The van der Waals surface area contributed by atoms with Crippen molar-refractivity contribution in [3.8, 4) is 5.75 Å². The SMILES string of the molecule is C.C.CCCCCCCCCCCCC(O)COc1ccc([I+]c2ccccc2)cc1.c1ccc2cc([I+]c3ccc4ccccc4c3)ccc2c1. The molecule has 1 N–H and O–H groups in total. The Hall–Kier alpha value is -2.94. The Morgan fingerprint density at radius 1 is 0.462 bits per heavy atom.